The number of alkyl halides is 3. The summed E-state index contributed by atoms with van der Waals surface area (Å²) in [4.78, 5) is 23.2. The lowest BCUT2D eigenvalue weighted by molar-refractivity contribution is -0.192. The van der Waals surface area contributed by atoms with Crippen LogP contribution in [0.2, 0.25) is 0 Å². The van der Waals surface area contributed by atoms with E-state index >= 15 is 0 Å². The van der Waals surface area contributed by atoms with Crippen molar-refractivity contribution in [2.75, 3.05) is 6.54 Å². The van der Waals surface area contributed by atoms with Gasteiger partial charge in [0.15, 0.2) is 11.6 Å². The molecule has 0 saturated heterocycles. The van der Waals surface area contributed by atoms with Crippen molar-refractivity contribution >= 4 is 11.9 Å². The molecule has 158 valence electrons. The summed E-state index contributed by atoms with van der Waals surface area (Å²) < 4.78 is 35.7. The third kappa shape index (κ3) is 5.78. The lowest BCUT2D eigenvalue weighted by atomic mass is 10.2. The molecule has 1 amide bonds. The average Bonchev–Trinajstić information content (AvgIpc) is 3.25. The lowest BCUT2D eigenvalue weighted by Crippen LogP contribution is -2.31. The Labute approximate surface area is 164 Å². The highest BCUT2D eigenvalue weighted by atomic mass is 19.4. The highest BCUT2D eigenvalue weighted by Crippen LogP contribution is 2.33. The maximum absolute atomic E-state index is 12.3. The first-order chi connectivity index (χ1) is 13.7. The van der Waals surface area contributed by atoms with Gasteiger partial charge in [0.1, 0.15) is 6.54 Å². The zero-order valence-corrected chi connectivity index (χ0v) is 15.5. The molecule has 0 atom stereocenters. The maximum atomic E-state index is 12.3. The molecule has 9 nitrogen and oxygen atoms in total. The largest absolute Gasteiger partial charge is 0.490 e. The van der Waals surface area contributed by atoms with E-state index in [1.165, 1.54) is 12.8 Å². The van der Waals surface area contributed by atoms with Crippen LogP contribution in [0.1, 0.15) is 37.3 Å². The molecule has 29 heavy (non-hydrogen) atoms. The van der Waals surface area contributed by atoms with Crippen LogP contribution in [0, 0.1) is 5.92 Å². The topological polar surface area (TPSA) is 106 Å². The number of carboxylic acid groups (broad SMARTS) is 1. The van der Waals surface area contributed by atoms with Crippen LogP contribution in [-0.2, 0) is 29.2 Å². The van der Waals surface area contributed by atoms with Crippen molar-refractivity contribution in [1.29, 1.82) is 0 Å². The predicted octanol–water partition coefficient (Wildman–Crippen LogP) is 1.69. The number of carboxylic acids is 1. The summed E-state index contributed by atoms with van der Waals surface area (Å²) in [6.07, 6.45) is 2.68. The summed E-state index contributed by atoms with van der Waals surface area (Å²) in [5.41, 5.74) is 0. The van der Waals surface area contributed by atoms with E-state index in [1.807, 2.05) is 21.8 Å². The monoisotopic (exact) mass is 414 g/mol. The highest BCUT2D eigenvalue weighted by molar-refractivity contribution is 5.76. The first-order valence-electron chi connectivity index (χ1n) is 9.20. The molecule has 1 N–H and O–H groups in total. The summed E-state index contributed by atoms with van der Waals surface area (Å²) in [5, 5.41) is 19.9. The Morgan fingerprint density at radius 2 is 1.93 bits per heavy atom. The number of carbonyl (C=O) groups excluding carboxylic acids is 1. The van der Waals surface area contributed by atoms with Crippen LogP contribution in [0.3, 0.4) is 0 Å². The van der Waals surface area contributed by atoms with Gasteiger partial charge in [-0.1, -0.05) is 0 Å². The molecule has 4 rings (SSSR count). The normalized spacial score (nSPS) is 16.4. The van der Waals surface area contributed by atoms with Gasteiger partial charge < -0.3 is 14.6 Å². The number of nitrogens with zero attached hydrogens (tertiary/aromatic N) is 6. The average molecular weight is 414 g/mol. The smallest absolute Gasteiger partial charge is 0.475 e. The SMILES string of the molecule is O=C(CC1CC1)N1CCCn2c(nnc2Cn2cccn2)C1.O=C(O)C(F)(F)F. The van der Waals surface area contributed by atoms with Crippen molar-refractivity contribution in [2.45, 2.75) is 51.5 Å². The molecule has 2 aromatic rings. The fraction of sp³-hybridized carbons (Fsp3) is 0.588. The van der Waals surface area contributed by atoms with Crippen molar-refractivity contribution in [2.24, 2.45) is 5.92 Å². The zero-order chi connectivity index (χ0) is 21.0. The van der Waals surface area contributed by atoms with Crippen molar-refractivity contribution < 1.29 is 27.9 Å². The van der Waals surface area contributed by atoms with Crippen LogP contribution < -0.4 is 0 Å². The van der Waals surface area contributed by atoms with Crippen molar-refractivity contribution in [3.63, 3.8) is 0 Å². The molecule has 2 aromatic heterocycles. The molecule has 0 radical (unpaired) electrons. The van der Waals surface area contributed by atoms with E-state index in [0.717, 1.165) is 31.2 Å². The molecule has 1 saturated carbocycles. The Balaban J connectivity index is 0.000000298. The van der Waals surface area contributed by atoms with Gasteiger partial charge in [-0.05, 0) is 31.2 Å². The molecule has 0 spiro atoms. The predicted molar refractivity (Wildman–Crippen MR) is 92.4 cm³/mol. The lowest BCUT2D eigenvalue weighted by Gasteiger charge is -2.19. The molecule has 3 heterocycles. The van der Waals surface area contributed by atoms with E-state index in [2.05, 4.69) is 19.9 Å². The first kappa shape index (κ1) is 20.8. The number of halogens is 3. The van der Waals surface area contributed by atoms with E-state index in [9.17, 15) is 18.0 Å². The van der Waals surface area contributed by atoms with Gasteiger partial charge in [-0.2, -0.15) is 18.3 Å². The van der Waals surface area contributed by atoms with E-state index < -0.39 is 12.1 Å². The second kappa shape index (κ2) is 8.62. The Bertz CT molecular complexity index is 845. The molecular weight excluding hydrogens is 393 g/mol. The number of carbonyl (C=O) groups is 2. The summed E-state index contributed by atoms with van der Waals surface area (Å²) in [6, 6.07) is 1.90. The van der Waals surface area contributed by atoms with E-state index in [0.29, 0.717) is 25.4 Å². The number of fused-ring (bicyclic) bond motifs is 1. The number of aromatic nitrogens is 5. The van der Waals surface area contributed by atoms with Gasteiger partial charge in [-0.25, -0.2) is 4.79 Å². The standard InChI is InChI=1S/C15H20N6O.C2HF3O2/c22-15(9-12-3-4-12)19-6-2-8-21-13(10-19)17-18-14(21)11-20-7-1-5-16-20;3-2(4,5)1(6)7/h1,5,7,12H,2-4,6,8-11H2;(H,6,7). The van der Waals surface area contributed by atoms with Crippen molar-refractivity contribution in [3.8, 4) is 0 Å². The molecule has 2 aliphatic rings. The van der Waals surface area contributed by atoms with E-state index in [1.54, 1.807) is 6.20 Å². The number of aliphatic carboxylic acids is 1. The van der Waals surface area contributed by atoms with Crippen LogP contribution in [0.5, 0.6) is 0 Å². The number of hydrogen-bond acceptors (Lipinski definition) is 5. The Morgan fingerprint density at radius 1 is 1.21 bits per heavy atom. The molecule has 0 aromatic carbocycles. The Morgan fingerprint density at radius 3 is 2.52 bits per heavy atom. The van der Waals surface area contributed by atoms with Gasteiger partial charge in [0.25, 0.3) is 0 Å². The van der Waals surface area contributed by atoms with Crippen molar-refractivity contribution in [1.82, 2.24) is 29.4 Å². The fourth-order valence-corrected chi connectivity index (χ4v) is 2.98. The molecule has 0 unspecified atom stereocenters. The number of rotatable bonds is 4. The third-order valence-electron chi connectivity index (χ3n) is 4.66. The van der Waals surface area contributed by atoms with Gasteiger partial charge in [-0.3, -0.25) is 9.48 Å². The fourth-order valence-electron chi connectivity index (χ4n) is 2.98. The summed E-state index contributed by atoms with van der Waals surface area (Å²) in [6.45, 7) is 2.88. The van der Waals surface area contributed by atoms with Crippen LogP contribution in [0.15, 0.2) is 18.5 Å². The molecule has 1 aliphatic carbocycles. The minimum Gasteiger partial charge on any atom is -0.475 e. The van der Waals surface area contributed by atoms with Crippen LogP contribution in [0.4, 0.5) is 13.2 Å². The number of amides is 1. The van der Waals surface area contributed by atoms with Gasteiger partial charge >= 0.3 is 12.1 Å². The highest BCUT2D eigenvalue weighted by Gasteiger charge is 2.38. The molecule has 0 bridgehead atoms. The first-order valence-corrected chi connectivity index (χ1v) is 9.20. The van der Waals surface area contributed by atoms with Crippen LogP contribution >= 0.6 is 0 Å². The minimum absolute atomic E-state index is 0.271. The number of hydrogen-bond donors (Lipinski definition) is 1. The van der Waals surface area contributed by atoms with Crippen molar-refractivity contribution in [3.05, 3.63) is 30.1 Å². The minimum atomic E-state index is -5.08. The van der Waals surface area contributed by atoms with Gasteiger partial charge in [-0.15, -0.1) is 10.2 Å². The Hall–Kier alpha value is -2.92. The maximum Gasteiger partial charge on any atom is 0.490 e. The van der Waals surface area contributed by atoms with Gasteiger partial charge in [0.2, 0.25) is 5.91 Å². The van der Waals surface area contributed by atoms with Crippen LogP contribution in [-0.4, -0.2) is 59.1 Å². The van der Waals surface area contributed by atoms with Gasteiger partial charge in [0, 0.05) is 31.9 Å². The summed E-state index contributed by atoms with van der Waals surface area (Å²) in [7, 11) is 0. The molecular formula is C17H21F3N6O3. The summed E-state index contributed by atoms with van der Waals surface area (Å²) >= 11 is 0. The quantitative estimate of drug-likeness (QED) is 0.816. The zero-order valence-electron chi connectivity index (χ0n) is 15.5. The van der Waals surface area contributed by atoms with E-state index in [4.69, 9.17) is 9.90 Å². The Kier molecular flexibility index (Phi) is 6.18. The van der Waals surface area contributed by atoms with E-state index in [-0.39, 0.29) is 5.91 Å². The summed E-state index contributed by atoms with van der Waals surface area (Å²) in [5.74, 6) is -0.0527. The van der Waals surface area contributed by atoms with Crippen LogP contribution in [0.25, 0.3) is 0 Å². The second-order valence-corrected chi connectivity index (χ2v) is 7.01. The molecule has 12 heteroatoms. The third-order valence-corrected chi connectivity index (χ3v) is 4.66. The molecule has 1 aliphatic heterocycles. The second-order valence-electron chi connectivity index (χ2n) is 7.01. The van der Waals surface area contributed by atoms with Gasteiger partial charge in [0.05, 0.1) is 6.54 Å². The molecule has 1 fully saturated rings.